The van der Waals surface area contributed by atoms with Gasteiger partial charge in [-0.2, -0.15) is 0 Å². The molecule has 0 aromatic heterocycles. The van der Waals surface area contributed by atoms with Crippen molar-refractivity contribution in [2.45, 2.75) is 32.7 Å². The standard InChI is InChI=1S/C14H19BrN2O3/c1-9(2)17(7-3-4-13(18)19)12-6-5-10(14(16)20)8-11(12)15/h5-6,8-9H,3-4,7H2,1-2H3,(H2,16,20)(H,18,19). The first kappa shape index (κ1) is 16.5. The Kier molecular flexibility index (Phi) is 6.01. The van der Waals surface area contributed by atoms with E-state index in [0.29, 0.717) is 18.5 Å². The highest BCUT2D eigenvalue weighted by atomic mass is 79.9. The van der Waals surface area contributed by atoms with Crippen molar-refractivity contribution in [3.63, 3.8) is 0 Å². The van der Waals surface area contributed by atoms with E-state index >= 15 is 0 Å². The maximum Gasteiger partial charge on any atom is 0.303 e. The van der Waals surface area contributed by atoms with E-state index in [1.165, 1.54) is 0 Å². The second-order valence-corrected chi connectivity index (χ2v) is 5.67. The number of hydrogen-bond acceptors (Lipinski definition) is 3. The fourth-order valence-electron chi connectivity index (χ4n) is 1.95. The van der Waals surface area contributed by atoms with Crippen LogP contribution < -0.4 is 10.6 Å². The largest absolute Gasteiger partial charge is 0.481 e. The van der Waals surface area contributed by atoms with E-state index < -0.39 is 11.9 Å². The van der Waals surface area contributed by atoms with Crippen LogP contribution in [0.4, 0.5) is 5.69 Å². The summed E-state index contributed by atoms with van der Waals surface area (Å²) < 4.78 is 0.776. The maximum absolute atomic E-state index is 11.1. The summed E-state index contributed by atoms with van der Waals surface area (Å²) in [6.45, 7) is 4.71. The Hall–Kier alpha value is -1.56. The molecule has 5 nitrogen and oxygen atoms in total. The van der Waals surface area contributed by atoms with Gasteiger partial charge in [0.15, 0.2) is 0 Å². The number of aliphatic carboxylic acids is 1. The molecule has 1 amide bonds. The Morgan fingerprint density at radius 3 is 2.50 bits per heavy atom. The van der Waals surface area contributed by atoms with Gasteiger partial charge in [0.05, 0.1) is 5.69 Å². The summed E-state index contributed by atoms with van der Waals surface area (Å²) in [4.78, 5) is 23.8. The minimum absolute atomic E-state index is 0.139. The summed E-state index contributed by atoms with van der Waals surface area (Å²) in [7, 11) is 0. The molecule has 0 aliphatic rings. The van der Waals surface area contributed by atoms with Crippen molar-refractivity contribution in [2.24, 2.45) is 5.73 Å². The zero-order chi connectivity index (χ0) is 15.3. The van der Waals surface area contributed by atoms with Crippen molar-refractivity contribution in [1.82, 2.24) is 0 Å². The lowest BCUT2D eigenvalue weighted by Crippen LogP contribution is -2.32. The third kappa shape index (κ3) is 4.52. The van der Waals surface area contributed by atoms with E-state index in [1.54, 1.807) is 12.1 Å². The number of rotatable bonds is 7. The van der Waals surface area contributed by atoms with E-state index in [9.17, 15) is 9.59 Å². The number of carbonyl (C=O) groups is 2. The van der Waals surface area contributed by atoms with Gasteiger partial charge in [0.2, 0.25) is 5.91 Å². The first-order valence-corrected chi connectivity index (χ1v) is 7.20. The molecule has 110 valence electrons. The van der Waals surface area contributed by atoms with Crippen LogP contribution in [0.1, 0.15) is 37.0 Å². The lowest BCUT2D eigenvalue weighted by molar-refractivity contribution is -0.137. The lowest BCUT2D eigenvalue weighted by atomic mass is 10.1. The van der Waals surface area contributed by atoms with Crippen LogP contribution in [0, 0.1) is 0 Å². The molecular weight excluding hydrogens is 324 g/mol. The number of nitrogens with two attached hydrogens (primary N) is 1. The molecule has 0 saturated carbocycles. The quantitative estimate of drug-likeness (QED) is 0.797. The molecular formula is C14H19BrN2O3. The summed E-state index contributed by atoms with van der Waals surface area (Å²) in [5.74, 6) is -1.27. The molecule has 0 radical (unpaired) electrons. The predicted molar refractivity (Wildman–Crippen MR) is 82.0 cm³/mol. The SMILES string of the molecule is CC(C)N(CCCC(=O)O)c1ccc(C(N)=O)cc1Br. The van der Waals surface area contributed by atoms with E-state index in [0.717, 1.165) is 10.2 Å². The second kappa shape index (κ2) is 7.28. The van der Waals surface area contributed by atoms with Crippen LogP contribution in [0.15, 0.2) is 22.7 Å². The second-order valence-electron chi connectivity index (χ2n) is 4.81. The molecule has 6 heteroatoms. The van der Waals surface area contributed by atoms with Crippen LogP contribution >= 0.6 is 15.9 Å². The van der Waals surface area contributed by atoms with Gasteiger partial charge >= 0.3 is 5.97 Å². The summed E-state index contributed by atoms with van der Waals surface area (Å²) in [6.07, 6.45) is 0.706. The summed E-state index contributed by atoms with van der Waals surface area (Å²) in [5, 5.41) is 8.71. The molecule has 1 rings (SSSR count). The molecule has 0 saturated heterocycles. The first-order chi connectivity index (χ1) is 9.32. The minimum Gasteiger partial charge on any atom is -0.481 e. The van der Waals surface area contributed by atoms with Crippen molar-refractivity contribution >= 4 is 33.5 Å². The summed E-state index contributed by atoms with van der Waals surface area (Å²) >= 11 is 3.44. The lowest BCUT2D eigenvalue weighted by Gasteiger charge is -2.30. The summed E-state index contributed by atoms with van der Waals surface area (Å²) in [6, 6.07) is 5.41. The van der Waals surface area contributed by atoms with Crippen molar-refractivity contribution in [3.05, 3.63) is 28.2 Å². The fourth-order valence-corrected chi connectivity index (χ4v) is 2.56. The van der Waals surface area contributed by atoms with E-state index in [2.05, 4.69) is 20.8 Å². The third-order valence-electron chi connectivity index (χ3n) is 2.95. The molecule has 0 heterocycles. The van der Waals surface area contributed by atoms with Gasteiger partial charge in [0, 0.05) is 29.0 Å². The molecule has 0 fully saturated rings. The fraction of sp³-hybridized carbons (Fsp3) is 0.429. The maximum atomic E-state index is 11.1. The highest BCUT2D eigenvalue weighted by Gasteiger charge is 2.15. The topological polar surface area (TPSA) is 83.6 Å². The van der Waals surface area contributed by atoms with Gasteiger partial charge in [-0.25, -0.2) is 0 Å². The van der Waals surface area contributed by atoms with Crippen molar-refractivity contribution in [1.29, 1.82) is 0 Å². The van der Waals surface area contributed by atoms with Crippen LogP contribution in [0.25, 0.3) is 0 Å². The minimum atomic E-state index is -0.795. The molecule has 0 spiro atoms. The van der Waals surface area contributed by atoms with E-state index in [1.807, 2.05) is 19.9 Å². The molecule has 1 aromatic carbocycles. The van der Waals surface area contributed by atoms with E-state index in [-0.39, 0.29) is 12.5 Å². The van der Waals surface area contributed by atoms with Gasteiger partial charge in [-0.15, -0.1) is 0 Å². The monoisotopic (exact) mass is 342 g/mol. The zero-order valence-corrected chi connectivity index (χ0v) is 13.2. The zero-order valence-electron chi connectivity index (χ0n) is 11.6. The Labute approximate surface area is 126 Å². The number of nitrogens with zero attached hydrogens (tertiary/aromatic N) is 1. The van der Waals surface area contributed by atoms with Crippen LogP contribution in [-0.4, -0.2) is 29.6 Å². The number of carbonyl (C=O) groups excluding carboxylic acids is 1. The molecule has 0 bridgehead atoms. The average Bonchev–Trinajstić information content (AvgIpc) is 2.34. The van der Waals surface area contributed by atoms with Gasteiger partial charge in [-0.05, 0) is 54.4 Å². The highest BCUT2D eigenvalue weighted by Crippen LogP contribution is 2.29. The van der Waals surface area contributed by atoms with Crippen LogP contribution in [-0.2, 0) is 4.79 Å². The van der Waals surface area contributed by atoms with Crippen molar-refractivity contribution in [2.75, 3.05) is 11.4 Å². The first-order valence-electron chi connectivity index (χ1n) is 6.40. The van der Waals surface area contributed by atoms with Crippen molar-refractivity contribution < 1.29 is 14.7 Å². The average molecular weight is 343 g/mol. The smallest absolute Gasteiger partial charge is 0.303 e. The number of primary amides is 1. The molecule has 3 N–H and O–H groups in total. The third-order valence-corrected chi connectivity index (χ3v) is 3.59. The predicted octanol–water partition coefficient (Wildman–Crippen LogP) is 2.63. The number of hydrogen-bond donors (Lipinski definition) is 2. The molecule has 0 aliphatic carbocycles. The number of halogens is 1. The van der Waals surface area contributed by atoms with Crippen LogP contribution in [0.2, 0.25) is 0 Å². The van der Waals surface area contributed by atoms with Gasteiger partial charge in [0.25, 0.3) is 0 Å². The molecule has 0 unspecified atom stereocenters. The normalized spacial score (nSPS) is 10.6. The summed E-state index contributed by atoms with van der Waals surface area (Å²) in [5.41, 5.74) is 6.61. The van der Waals surface area contributed by atoms with Gasteiger partial charge in [0.1, 0.15) is 0 Å². The van der Waals surface area contributed by atoms with E-state index in [4.69, 9.17) is 10.8 Å². The number of carboxylic acid groups (broad SMARTS) is 1. The molecule has 1 aromatic rings. The van der Waals surface area contributed by atoms with Gasteiger partial charge < -0.3 is 15.7 Å². The number of benzene rings is 1. The Balaban J connectivity index is 2.91. The molecule has 20 heavy (non-hydrogen) atoms. The number of amides is 1. The van der Waals surface area contributed by atoms with Gasteiger partial charge in [-0.1, -0.05) is 0 Å². The van der Waals surface area contributed by atoms with Crippen LogP contribution in [0.3, 0.4) is 0 Å². The highest BCUT2D eigenvalue weighted by molar-refractivity contribution is 9.10. The molecule has 0 atom stereocenters. The Morgan fingerprint density at radius 2 is 2.05 bits per heavy atom. The number of anilines is 1. The van der Waals surface area contributed by atoms with Crippen LogP contribution in [0.5, 0.6) is 0 Å². The molecule has 0 aliphatic heterocycles. The van der Waals surface area contributed by atoms with Gasteiger partial charge in [-0.3, -0.25) is 9.59 Å². The van der Waals surface area contributed by atoms with Crippen molar-refractivity contribution in [3.8, 4) is 0 Å². The number of carboxylic acids is 1. The Morgan fingerprint density at radius 1 is 1.40 bits per heavy atom. The Bertz CT molecular complexity index is 503.